The van der Waals surface area contributed by atoms with Gasteiger partial charge >= 0.3 is 0 Å². The van der Waals surface area contributed by atoms with Crippen LogP contribution >= 0.6 is 27.5 Å². The number of ether oxygens (including phenoxy) is 1. The molecule has 0 saturated heterocycles. The third kappa shape index (κ3) is 3.89. The number of sulfonamides is 1. The number of nitrogens with zero attached hydrogens (tertiary/aromatic N) is 3. The Bertz CT molecular complexity index is 473. The van der Waals surface area contributed by atoms with Crippen LogP contribution in [0.25, 0.3) is 0 Å². The summed E-state index contributed by atoms with van der Waals surface area (Å²) in [7, 11) is -0.679. The Hall–Kier alpha value is -0.220. The lowest BCUT2D eigenvalue weighted by Gasteiger charge is -2.15. The van der Waals surface area contributed by atoms with Gasteiger partial charge in [-0.25, -0.2) is 17.8 Å². The molecule has 0 radical (unpaired) electrons. The van der Waals surface area contributed by atoms with Crippen molar-refractivity contribution in [3.63, 3.8) is 0 Å². The van der Waals surface area contributed by atoms with Gasteiger partial charge in [0.25, 0.3) is 10.0 Å². The average molecular weight is 362 g/mol. The van der Waals surface area contributed by atoms with Crippen LogP contribution in [0.4, 0.5) is 0 Å². The van der Waals surface area contributed by atoms with Gasteiger partial charge in [0.2, 0.25) is 5.03 Å². The van der Waals surface area contributed by atoms with E-state index in [-0.39, 0.29) is 15.5 Å². The summed E-state index contributed by atoms with van der Waals surface area (Å²) >= 11 is 8.76. The number of alkyl halides is 1. The highest BCUT2D eigenvalue weighted by Gasteiger charge is 2.26. The third-order valence-electron chi connectivity index (χ3n) is 2.17. The minimum atomic E-state index is -3.72. The van der Waals surface area contributed by atoms with Crippen LogP contribution in [0, 0.1) is 0 Å². The summed E-state index contributed by atoms with van der Waals surface area (Å²) in [5.41, 5.74) is 0. The van der Waals surface area contributed by atoms with Gasteiger partial charge in [-0.15, -0.1) is 16.7 Å². The fraction of sp³-hybridized carbons (Fsp3) is 0.750. The quantitative estimate of drug-likeness (QED) is 0.715. The monoisotopic (exact) mass is 360 g/mol. The van der Waals surface area contributed by atoms with E-state index in [9.17, 15) is 8.42 Å². The van der Waals surface area contributed by atoms with Crippen molar-refractivity contribution in [1.82, 2.24) is 19.7 Å². The molecule has 7 nitrogen and oxygen atoms in total. The Kier molecular flexibility index (Phi) is 5.99. The van der Waals surface area contributed by atoms with Crippen LogP contribution in [0.5, 0.6) is 0 Å². The SMILES string of the molecule is COCCC(CCl)NS(=O)(=O)c1c(Br)nnn1C. The lowest BCUT2D eigenvalue weighted by molar-refractivity contribution is 0.188. The van der Waals surface area contributed by atoms with E-state index in [0.29, 0.717) is 13.0 Å². The zero-order valence-corrected chi connectivity index (χ0v) is 13.1. The van der Waals surface area contributed by atoms with Crippen molar-refractivity contribution in [3.05, 3.63) is 4.60 Å². The van der Waals surface area contributed by atoms with Gasteiger partial charge in [0, 0.05) is 32.7 Å². The van der Waals surface area contributed by atoms with Gasteiger partial charge in [0.1, 0.15) is 0 Å². The molecule has 0 fully saturated rings. The van der Waals surface area contributed by atoms with Crippen molar-refractivity contribution in [2.24, 2.45) is 7.05 Å². The predicted octanol–water partition coefficient (Wildman–Crippen LogP) is 0.500. The number of rotatable bonds is 7. The zero-order valence-electron chi connectivity index (χ0n) is 9.93. The molecule has 0 saturated carbocycles. The predicted molar refractivity (Wildman–Crippen MR) is 70.0 cm³/mol. The van der Waals surface area contributed by atoms with Crippen LogP contribution in [0.15, 0.2) is 9.63 Å². The van der Waals surface area contributed by atoms with E-state index in [2.05, 4.69) is 31.0 Å². The van der Waals surface area contributed by atoms with E-state index >= 15 is 0 Å². The molecule has 1 N–H and O–H groups in total. The molecular weight excluding hydrogens is 348 g/mol. The van der Waals surface area contributed by atoms with Crippen LogP contribution < -0.4 is 4.72 Å². The van der Waals surface area contributed by atoms with Crippen molar-refractivity contribution < 1.29 is 13.2 Å². The minimum absolute atomic E-state index is 0.0324. The summed E-state index contributed by atoms with van der Waals surface area (Å²) in [6, 6.07) is -0.404. The van der Waals surface area contributed by atoms with Crippen molar-refractivity contribution in [2.45, 2.75) is 17.5 Å². The summed E-state index contributed by atoms with van der Waals surface area (Å²) in [5.74, 6) is 0.158. The summed E-state index contributed by atoms with van der Waals surface area (Å²) in [6.45, 7) is 0.421. The highest BCUT2D eigenvalue weighted by Crippen LogP contribution is 2.18. The molecule has 1 atom stereocenters. The Morgan fingerprint density at radius 2 is 2.28 bits per heavy atom. The summed E-state index contributed by atoms with van der Waals surface area (Å²) in [4.78, 5) is 0. The van der Waals surface area contributed by atoms with Gasteiger partial charge in [0.05, 0.1) is 0 Å². The Labute approximate surface area is 119 Å². The van der Waals surface area contributed by atoms with Gasteiger partial charge in [-0.05, 0) is 22.4 Å². The maximum Gasteiger partial charge on any atom is 0.260 e. The number of halogens is 2. The van der Waals surface area contributed by atoms with Gasteiger partial charge in [-0.1, -0.05) is 5.21 Å². The molecule has 0 amide bonds. The lowest BCUT2D eigenvalue weighted by atomic mass is 10.3. The highest BCUT2D eigenvalue weighted by molar-refractivity contribution is 9.10. The van der Waals surface area contributed by atoms with Crippen LogP contribution in [0.3, 0.4) is 0 Å². The molecule has 0 spiro atoms. The van der Waals surface area contributed by atoms with E-state index in [0.717, 1.165) is 0 Å². The second-order valence-electron chi connectivity index (χ2n) is 3.56. The van der Waals surface area contributed by atoms with E-state index < -0.39 is 16.1 Å². The van der Waals surface area contributed by atoms with Crippen LogP contribution in [0.2, 0.25) is 0 Å². The Morgan fingerprint density at radius 1 is 1.61 bits per heavy atom. The summed E-state index contributed by atoms with van der Waals surface area (Å²) < 4.78 is 33.0. The van der Waals surface area contributed by atoms with Gasteiger partial charge in [-0.3, -0.25) is 0 Å². The highest BCUT2D eigenvalue weighted by atomic mass is 79.9. The Morgan fingerprint density at radius 3 is 2.72 bits per heavy atom. The number of aromatic nitrogens is 3. The molecule has 1 rings (SSSR count). The average Bonchev–Trinajstić information content (AvgIpc) is 2.64. The van der Waals surface area contributed by atoms with E-state index in [1.54, 1.807) is 7.11 Å². The number of methoxy groups -OCH3 is 1. The summed E-state index contributed by atoms with van der Waals surface area (Å²) in [6.07, 6.45) is 0.488. The van der Waals surface area contributed by atoms with Gasteiger partial charge in [0.15, 0.2) is 4.60 Å². The van der Waals surface area contributed by atoms with Gasteiger partial charge < -0.3 is 4.74 Å². The first-order valence-electron chi connectivity index (χ1n) is 5.04. The molecule has 104 valence electrons. The van der Waals surface area contributed by atoms with E-state index in [1.165, 1.54) is 11.7 Å². The van der Waals surface area contributed by atoms with Crippen LogP contribution in [-0.2, 0) is 21.8 Å². The van der Waals surface area contributed by atoms with Crippen molar-refractivity contribution in [2.75, 3.05) is 19.6 Å². The molecule has 1 heterocycles. The number of aryl methyl sites for hydroxylation is 1. The molecule has 0 aromatic carbocycles. The summed E-state index contributed by atoms with van der Waals surface area (Å²) in [5, 5.41) is 7.22. The fourth-order valence-corrected chi connectivity index (χ4v) is 4.00. The topological polar surface area (TPSA) is 86.1 Å². The zero-order chi connectivity index (χ0) is 13.8. The molecule has 0 aliphatic carbocycles. The molecule has 0 aliphatic heterocycles. The fourth-order valence-electron chi connectivity index (χ4n) is 1.31. The molecule has 1 unspecified atom stereocenters. The molecule has 18 heavy (non-hydrogen) atoms. The molecule has 10 heteroatoms. The minimum Gasteiger partial charge on any atom is -0.385 e. The molecule has 1 aromatic heterocycles. The van der Waals surface area contributed by atoms with E-state index in [1.807, 2.05) is 0 Å². The largest absolute Gasteiger partial charge is 0.385 e. The number of nitrogens with one attached hydrogen (secondary N) is 1. The maximum atomic E-state index is 12.1. The molecule has 1 aromatic rings. The first kappa shape index (κ1) is 15.8. The standard InChI is InChI=1S/C8H14BrClN4O3S/c1-14-8(7(9)11-13-14)18(15,16)12-6(5-10)3-4-17-2/h6,12H,3-5H2,1-2H3. The van der Waals surface area contributed by atoms with Crippen LogP contribution in [-0.4, -0.2) is 49.1 Å². The smallest absolute Gasteiger partial charge is 0.260 e. The first-order chi connectivity index (χ1) is 8.42. The normalized spacial score (nSPS) is 13.8. The van der Waals surface area contributed by atoms with Crippen molar-refractivity contribution >= 4 is 37.6 Å². The maximum absolute atomic E-state index is 12.1. The lowest BCUT2D eigenvalue weighted by Crippen LogP contribution is -2.38. The molecular formula is C8H14BrClN4O3S. The second kappa shape index (κ2) is 6.80. The van der Waals surface area contributed by atoms with Crippen molar-refractivity contribution in [3.8, 4) is 0 Å². The molecule has 0 aliphatic rings. The number of hydrogen-bond donors (Lipinski definition) is 1. The Balaban J connectivity index is 2.87. The number of hydrogen-bond acceptors (Lipinski definition) is 5. The van der Waals surface area contributed by atoms with E-state index in [4.69, 9.17) is 16.3 Å². The van der Waals surface area contributed by atoms with Gasteiger partial charge in [-0.2, -0.15) is 0 Å². The van der Waals surface area contributed by atoms with Crippen LogP contribution in [0.1, 0.15) is 6.42 Å². The third-order valence-corrected chi connectivity index (χ3v) is 4.95. The molecule has 0 bridgehead atoms. The second-order valence-corrected chi connectivity index (χ2v) is 6.25. The first-order valence-corrected chi connectivity index (χ1v) is 7.86. The van der Waals surface area contributed by atoms with Crippen molar-refractivity contribution in [1.29, 1.82) is 0 Å².